The number of ether oxygens (including phenoxy) is 1. The third-order valence-electron chi connectivity index (χ3n) is 5.72. The normalized spacial score (nSPS) is 22.5. The fourth-order valence-electron chi connectivity index (χ4n) is 4.31. The van der Waals surface area contributed by atoms with Crippen molar-refractivity contribution >= 4 is 17.6 Å². The summed E-state index contributed by atoms with van der Waals surface area (Å²) in [6.07, 6.45) is 5.40. The Morgan fingerprint density at radius 1 is 1.15 bits per heavy atom. The lowest BCUT2D eigenvalue weighted by Gasteiger charge is -2.38. The molecule has 5 heteroatoms. The number of carboxylic acids is 1. The van der Waals surface area contributed by atoms with Crippen LogP contribution in [0.25, 0.3) is 0 Å². The highest BCUT2D eigenvalue weighted by atomic mass is 16.5. The number of allylic oxidation sites excluding steroid dienone is 2. The molecule has 0 aromatic heterocycles. The molecule has 4 rings (SSSR count). The van der Waals surface area contributed by atoms with Gasteiger partial charge in [-0.15, -0.1) is 0 Å². The SMILES string of the molecule is COC(=O)c1ccc2c(c1C)N[C@H](c1ccc(C(=O)O)cc1)[C@H]1CC=C[C@@H]21. The number of carboxylic acid groups (broad SMARTS) is 1. The van der Waals surface area contributed by atoms with Crippen molar-refractivity contribution in [1.29, 1.82) is 0 Å². The van der Waals surface area contributed by atoms with Crippen LogP contribution in [0.3, 0.4) is 0 Å². The first-order valence-corrected chi connectivity index (χ1v) is 8.99. The van der Waals surface area contributed by atoms with Gasteiger partial charge in [0.25, 0.3) is 0 Å². The number of nitrogens with one attached hydrogen (secondary N) is 1. The molecule has 3 atom stereocenters. The van der Waals surface area contributed by atoms with Crippen LogP contribution in [-0.2, 0) is 4.74 Å². The van der Waals surface area contributed by atoms with Gasteiger partial charge in [0.15, 0.2) is 0 Å². The molecule has 0 fully saturated rings. The molecule has 0 saturated heterocycles. The third kappa shape index (κ3) is 2.79. The number of aromatic carboxylic acids is 1. The van der Waals surface area contributed by atoms with E-state index in [0.717, 1.165) is 23.2 Å². The number of carbonyl (C=O) groups is 2. The molecule has 0 saturated carbocycles. The minimum Gasteiger partial charge on any atom is -0.478 e. The molecule has 138 valence electrons. The molecule has 5 nitrogen and oxygen atoms in total. The van der Waals surface area contributed by atoms with Gasteiger partial charge in [0.2, 0.25) is 0 Å². The highest BCUT2D eigenvalue weighted by Gasteiger charge is 2.39. The van der Waals surface area contributed by atoms with Gasteiger partial charge in [-0.05, 0) is 54.2 Å². The lowest BCUT2D eigenvalue weighted by Crippen LogP contribution is -2.30. The van der Waals surface area contributed by atoms with Gasteiger partial charge in [0.1, 0.15) is 0 Å². The average molecular weight is 363 g/mol. The Morgan fingerprint density at radius 3 is 2.56 bits per heavy atom. The molecule has 1 heterocycles. The van der Waals surface area contributed by atoms with Crippen LogP contribution in [0.15, 0.2) is 48.6 Å². The topological polar surface area (TPSA) is 75.6 Å². The van der Waals surface area contributed by atoms with E-state index in [4.69, 9.17) is 9.84 Å². The number of hydrogen-bond acceptors (Lipinski definition) is 4. The Balaban J connectivity index is 1.77. The third-order valence-corrected chi connectivity index (χ3v) is 5.72. The summed E-state index contributed by atoms with van der Waals surface area (Å²) in [6.45, 7) is 1.93. The highest BCUT2D eigenvalue weighted by Crippen LogP contribution is 2.51. The summed E-state index contributed by atoms with van der Waals surface area (Å²) < 4.78 is 4.91. The molecule has 2 aromatic carbocycles. The number of rotatable bonds is 3. The Kier molecular flexibility index (Phi) is 4.22. The van der Waals surface area contributed by atoms with Crippen LogP contribution in [0, 0.1) is 12.8 Å². The Bertz CT molecular complexity index is 946. The summed E-state index contributed by atoms with van der Waals surface area (Å²) in [7, 11) is 1.39. The van der Waals surface area contributed by atoms with Crippen LogP contribution in [0.5, 0.6) is 0 Å². The van der Waals surface area contributed by atoms with E-state index in [1.165, 1.54) is 12.7 Å². The fourth-order valence-corrected chi connectivity index (χ4v) is 4.31. The standard InChI is InChI=1S/C22H21NO4/c1-12-15(22(26)27-2)10-11-18-16-4-3-5-17(16)20(23-19(12)18)13-6-8-14(9-7-13)21(24)25/h3-4,6-11,16-17,20,23H,5H2,1-2H3,(H,24,25)/t16-,17+,20-/m1/s1. The number of carbonyl (C=O) groups excluding carboxylic acids is 1. The molecule has 2 aromatic rings. The van der Waals surface area contributed by atoms with Gasteiger partial charge in [0, 0.05) is 11.6 Å². The number of benzene rings is 2. The number of esters is 1. The smallest absolute Gasteiger partial charge is 0.338 e. The van der Waals surface area contributed by atoms with Crippen LogP contribution >= 0.6 is 0 Å². The molecular formula is C22H21NO4. The molecular weight excluding hydrogens is 342 g/mol. The molecule has 0 amide bonds. The molecule has 2 aliphatic rings. The van der Waals surface area contributed by atoms with E-state index in [2.05, 4.69) is 17.5 Å². The van der Waals surface area contributed by atoms with Crippen molar-refractivity contribution < 1.29 is 19.4 Å². The molecule has 0 radical (unpaired) electrons. The first kappa shape index (κ1) is 17.3. The van der Waals surface area contributed by atoms with Crippen molar-refractivity contribution in [2.24, 2.45) is 5.92 Å². The zero-order chi connectivity index (χ0) is 19.1. The van der Waals surface area contributed by atoms with Gasteiger partial charge in [-0.1, -0.05) is 30.4 Å². The maximum absolute atomic E-state index is 12.1. The molecule has 1 aliphatic heterocycles. The zero-order valence-electron chi connectivity index (χ0n) is 15.2. The Morgan fingerprint density at radius 2 is 1.89 bits per heavy atom. The number of hydrogen-bond donors (Lipinski definition) is 2. The lowest BCUT2D eigenvalue weighted by atomic mass is 9.76. The maximum atomic E-state index is 12.1. The first-order valence-electron chi connectivity index (χ1n) is 8.99. The van der Waals surface area contributed by atoms with Gasteiger partial charge < -0.3 is 15.2 Å². The van der Waals surface area contributed by atoms with Crippen LogP contribution in [0.4, 0.5) is 5.69 Å². The highest BCUT2D eigenvalue weighted by molar-refractivity contribution is 5.93. The van der Waals surface area contributed by atoms with E-state index in [1.54, 1.807) is 12.1 Å². The lowest BCUT2D eigenvalue weighted by molar-refractivity contribution is 0.0599. The number of methoxy groups -OCH3 is 1. The summed E-state index contributed by atoms with van der Waals surface area (Å²) >= 11 is 0. The van der Waals surface area contributed by atoms with E-state index < -0.39 is 5.97 Å². The van der Waals surface area contributed by atoms with Crippen molar-refractivity contribution in [3.8, 4) is 0 Å². The second-order valence-corrected chi connectivity index (χ2v) is 7.10. The first-order chi connectivity index (χ1) is 13.0. The molecule has 0 spiro atoms. The largest absolute Gasteiger partial charge is 0.478 e. The summed E-state index contributed by atoms with van der Waals surface area (Å²) in [6, 6.07) is 10.9. The van der Waals surface area contributed by atoms with Crippen molar-refractivity contribution in [3.05, 3.63) is 76.4 Å². The summed E-state index contributed by atoms with van der Waals surface area (Å²) in [5.74, 6) is -0.640. The fraction of sp³-hybridized carbons (Fsp3) is 0.273. The van der Waals surface area contributed by atoms with E-state index in [9.17, 15) is 9.59 Å². The van der Waals surface area contributed by atoms with Gasteiger partial charge >= 0.3 is 11.9 Å². The molecule has 0 bridgehead atoms. The second kappa shape index (κ2) is 6.58. The Hall–Kier alpha value is -3.08. The van der Waals surface area contributed by atoms with Crippen LogP contribution in [-0.4, -0.2) is 24.2 Å². The van der Waals surface area contributed by atoms with E-state index in [-0.39, 0.29) is 23.5 Å². The summed E-state index contributed by atoms with van der Waals surface area (Å²) in [5, 5.41) is 12.8. The minimum absolute atomic E-state index is 0.0481. The van der Waals surface area contributed by atoms with Crippen molar-refractivity contribution in [3.63, 3.8) is 0 Å². The Labute approximate surface area is 157 Å². The van der Waals surface area contributed by atoms with Crippen molar-refractivity contribution in [2.75, 3.05) is 12.4 Å². The monoisotopic (exact) mass is 363 g/mol. The number of anilines is 1. The molecule has 0 unspecified atom stereocenters. The molecule has 2 N–H and O–H groups in total. The van der Waals surface area contributed by atoms with E-state index >= 15 is 0 Å². The van der Waals surface area contributed by atoms with Crippen LogP contribution in [0.1, 0.15) is 55.8 Å². The van der Waals surface area contributed by atoms with Gasteiger partial charge in [0.05, 0.1) is 24.3 Å². The predicted molar refractivity (Wildman–Crippen MR) is 102 cm³/mol. The average Bonchev–Trinajstić information content (AvgIpc) is 3.17. The number of fused-ring (bicyclic) bond motifs is 3. The second-order valence-electron chi connectivity index (χ2n) is 7.10. The van der Waals surface area contributed by atoms with Crippen LogP contribution in [0.2, 0.25) is 0 Å². The summed E-state index contributed by atoms with van der Waals surface area (Å²) in [5.41, 5.74) is 4.93. The van der Waals surface area contributed by atoms with Gasteiger partial charge in [-0.2, -0.15) is 0 Å². The van der Waals surface area contributed by atoms with Gasteiger partial charge in [-0.3, -0.25) is 0 Å². The molecule has 1 aliphatic carbocycles. The quantitative estimate of drug-likeness (QED) is 0.628. The van der Waals surface area contributed by atoms with Gasteiger partial charge in [-0.25, -0.2) is 9.59 Å². The zero-order valence-corrected chi connectivity index (χ0v) is 15.2. The minimum atomic E-state index is -0.928. The maximum Gasteiger partial charge on any atom is 0.338 e. The van der Waals surface area contributed by atoms with Crippen LogP contribution < -0.4 is 5.32 Å². The van der Waals surface area contributed by atoms with Crippen molar-refractivity contribution in [1.82, 2.24) is 0 Å². The predicted octanol–water partition coefficient (Wildman–Crippen LogP) is 4.31. The summed E-state index contributed by atoms with van der Waals surface area (Å²) in [4.78, 5) is 23.2. The van der Waals surface area contributed by atoms with E-state index in [1.807, 2.05) is 31.2 Å². The van der Waals surface area contributed by atoms with Crippen molar-refractivity contribution in [2.45, 2.75) is 25.3 Å². The molecule has 27 heavy (non-hydrogen) atoms. The van der Waals surface area contributed by atoms with E-state index in [0.29, 0.717) is 11.5 Å².